The van der Waals surface area contributed by atoms with Gasteiger partial charge in [-0.05, 0) is 124 Å². The number of hydrogen-bond donors (Lipinski definition) is 0. The smallest absolute Gasteiger partial charge is 0.238 e. The Labute approximate surface area is 484 Å². The normalized spacial score (nSPS) is 11.8. The van der Waals surface area contributed by atoms with Crippen molar-refractivity contribution in [2.75, 3.05) is 0 Å². The molecule has 390 valence electrons. The average Bonchev–Trinajstić information content (AvgIpc) is 1.76. The van der Waals surface area contributed by atoms with E-state index in [-0.39, 0.29) is 0 Å². The number of para-hydroxylation sites is 2. The van der Waals surface area contributed by atoms with Crippen LogP contribution in [0.25, 0.3) is 166 Å². The Hall–Kier alpha value is -11.3. The minimum Gasteiger partial charge on any atom is -0.309 e. The molecular formula is C79H49N5. The highest BCUT2D eigenvalue weighted by atomic mass is 15.2. The van der Waals surface area contributed by atoms with Crippen molar-refractivity contribution in [1.82, 2.24) is 24.1 Å². The van der Waals surface area contributed by atoms with Crippen molar-refractivity contribution in [3.63, 3.8) is 0 Å². The van der Waals surface area contributed by atoms with Crippen LogP contribution in [0, 0.1) is 0 Å². The number of benzene rings is 14. The predicted molar refractivity (Wildman–Crippen MR) is 351 cm³/mol. The fourth-order valence-electron chi connectivity index (χ4n) is 13.4. The van der Waals surface area contributed by atoms with Gasteiger partial charge in [0.2, 0.25) is 5.95 Å². The Bertz CT molecular complexity index is 5340. The summed E-state index contributed by atoms with van der Waals surface area (Å²) in [5.74, 6) is 1.78. The molecule has 0 N–H and O–H groups in total. The Kier molecular flexibility index (Phi) is 10.9. The monoisotopic (exact) mass is 1070 g/mol. The third-order valence-corrected chi connectivity index (χ3v) is 17.1. The van der Waals surface area contributed by atoms with Crippen molar-refractivity contribution in [2.24, 2.45) is 0 Å². The Morgan fingerprint density at radius 3 is 1.26 bits per heavy atom. The van der Waals surface area contributed by atoms with E-state index in [2.05, 4.69) is 270 Å². The van der Waals surface area contributed by atoms with Gasteiger partial charge >= 0.3 is 0 Å². The van der Waals surface area contributed by atoms with Crippen LogP contribution in [0.4, 0.5) is 0 Å². The molecule has 17 aromatic rings. The van der Waals surface area contributed by atoms with Crippen LogP contribution in [0.15, 0.2) is 297 Å². The second-order valence-corrected chi connectivity index (χ2v) is 21.8. The largest absolute Gasteiger partial charge is 0.309 e. The first-order valence-electron chi connectivity index (χ1n) is 28.7. The molecule has 0 aliphatic carbocycles. The maximum Gasteiger partial charge on any atom is 0.238 e. The maximum atomic E-state index is 5.38. The first-order valence-corrected chi connectivity index (χ1v) is 28.7. The summed E-state index contributed by atoms with van der Waals surface area (Å²) in [6.45, 7) is 0. The fourth-order valence-corrected chi connectivity index (χ4v) is 13.4. The molecular weight excluding hydrogens is 1020 g/mol. The third-order valence-electron chi connectivity index (χ3n) is 17.1. The van der Waals surface area contributed by atoms with Gasteiger partial charge in [0.05, 0.1) is 22.1 Å². The molecule has 0 radical (unpaired) electrons. The molecule has 0 spiro atoms. The van der Waals surface area contributed by atoms with Gasteiger partial charge in [-0.15, -0.1) is 0 Å². The lowest BCUT2D eigenvalue weighted by atomic mass is 9.85. The molecule has 0 amide bonds. The SMILES string of the molecule is c1ccc(-c2nc(-c3ccccc3)nc(-n3c4ccccc4c4ccc5c(c6ccccc6n5-c5cc(-c6cccc7ccccc67)cc(-c6ccc(-c7cccc8ccccc78)c7c(-c8cccc9ccccc89)cccc67)c5)c43)n2)cc1. The summed E-state index contributed by atoms with van der Waals surface area (Å²) in [6.07, 6.45) is 0. The molecule has 14 aromatic carbocycles. The van der Waals surface area contributed by atoms with Crippen LogP contribution in [0.3, 0.4) is 0 Å². The number of aromatic nitrogens is 5. The molecule has 5 nitrogen and oxygen atoms in total. The summed E-state index contributed by atoms with van der Waals surface area (Å²) >= 11 is 0. The molecule has 5 heteroatoms. The van der Waals surface area contributed by atoms with E-state index in [1.165, 1.54) is 70.9 Å². The van der Waals surface area contributed by atoms with Crippen molar-refractivity contribution in [3.05, 3.63) is 297 Å². The van der Waals surface area contributed by atoms with Crippen LogP contribution in [0.2, 0.25) is 0 Å². The van der Waals surface area contributed by atoms with Crippen LogP contribution in [-0.2, 0) is 0 Å². The summed E-state index contributed by atoms with van der Waals surface area (Å²) in [6, 6.07) is 108. The molecule has 0 fully saturated rings. The Morgan fingerprint density at radius 1 is 0.226 bits per heavy atom. The molecule has 0 saturated carbocycles. The van der Waals surface area contributed by atoms with Gasteiger partial charge in [0, 0.05) is 38.4 Å². The third kappa shape index (κ3) is 7.53. The number of nitrogens with zero attached hydrogens (tertiary/aromatic N) is 5. The first kappa shape index (κ1) is 47.5. The Morgan fingerprint density at radius 2 is 0.655 bits per heavy atom. The molecule has 0 unspecified atom stereocenters. The molecule has 0 saturated heterocycles. The van der Waals surface area contributed by atoms with E-state index in [4.69, 9.17) is 15.0 Å². The highest BCUT2D eigenvalue weighted by Gasteiger charge is 2.25. The van der Waals surface area contributed by atoms with Gasteiger partial charge in [0.25, 0.3) is 0 Å². The van der Waals surface area contributed by atoms with Crippen LogP contribution in [-0.4, -0.2) is 24.1 Å². The lowest BCUT2D eigenvalue weighted by molar-refractivity contribution is 0.955. The average molecular weight is 1070 g/mol. The second-order valence-electron chi connectivity index (χ2n) is 21.8. The van der Waals surface area contributed by atoms with Gasteiger partial charge < -0.3 is 4.57 Å². The predicted octanol–water partition coefficient (Wildman–Crippen LogP) is 20.7. The van der Waals surface area contributed by atoms with E-state index in [0.717, 1.165) is 77.1 Å². The highest BCUT2D eigenvalue weighted by Crippen LogP contribution is 2.47. The minimum absolute atomic E-state index is 0.556. The van der Waals surface area contributed by atoms with Crippen LogP contribution in [0.1, 0.15) is 0 Å². The molecule has 0 bridgehead atoms. The highest BCUT2D eigenvalue weighted by molar-refractivity contribution is 6.26. The summed E-state index contributed by atoms with van der Waals surface area (Å²) < 4.78 is 4.76. The zero-order chi connectivity index (χ0) is 55.2. The second kappa shape index (κ2) is 19.2. The summed E-state index contributed by atoms with van der Waals surface area (Å²) in [7, 11) is 0. The van der Waals surface area contributed by atoms with Crippen LogP contribution < -0.4 is 0 Å². The topological polar surface area (TPSA) is 48.5 Å². The van der Waals surface area contributed by atoms with E-state index < -0.39 is 0 Å². The molecule has 3 heterocycles. The first-order chi connectivity index (χ1) is 41.7. The standard InChI is InChI=1S/C79H49N5/c1-3-24-53(25-4-1)77-80-78(54-26-5-2-6-27-54)82-79(81-77)84-71-41-15-13-34-65(71)69-45-46-73-75(76(69)84)70-35-14-16-42-72(70)83(73)57-48-55(61-36-17-28-50-21-7-10-31-58(50)61)47-56(49-57)62-43-44-68(64-38-19-30-52-23-9-12-33-60(52)64)74-66(62)39-20-40-67(74)63-37-18-29-51-22-8-11-32-59(51)63/h1-49H. The molecule has 0 atom stereocenters. The van der Waals surface area contributed by atoms with E-state index in [1.807, 2.05) is 36.4 Å². The molecule has 3 aromatic heterocycles. The van der Waals surface area contributed by atoms with Crippen LogP contribution >= 0.6 is 0 Å². The van der Waals surface area contributed by atoms with Gasteiger partial charge in [-0.2, -0.15) is 9.97 Å². The van der Waals surface area contributed by atoms with E-state index in [0.29, 0.717) is 17.6 Å². The van der Waals surface area contributed by atoms with Gasteiger partial charge in [-0.1, -0.05) is 261 Å². The van der Waals surface area contributed by atoms with E-state index in [1.54, 1.807) is 0 Å². The van der Waals surface area contributed by atoms with Crippen LogP contribution in [0.5, 0.6) is 0 Å². The quantitative estimate of drug-likeness (QED) is 0.152. The van der Waals surface area contributed by atoms with Gasteiger partial charge in [0.15, 0.2) is 11.6 Å². The molecule has 17 rings (SSSR count). The van der Waals surface area contributed by atoms with Crippen molar-refractivity contribution >= 4 is 86.7 Å². The lowest BCUT2D eigenvalue weighted by Gasteiger charge is -2.20. The number of rotatable bonds is 8. The number of hydrogen-bond acceptors (Lipinski definition) is 3. The summed E-state index contributed by atoms with van der Waals surface area (Å²) in [5, 5.41) is 14.2. The summed E-state index contributed by atoms with van der Waals surface area (Å²) in [4.78, 5) is 15.9. The van der Waals surface area contributed by atoms with Crippen molar-refractivity contribution in [3.8, 4) is 78.9 Å². The maximum absolute atomic E-state index is 5.38. The lowest BCUT2D eigenvalue weighted by Crippen LogP contribution is -2.06. The zero-order valence-corrected chi connectivity index (χ0v) is 45.5. The van der Waals surface area contributed by atoms with Crippen molar-refractivity contribution in [1.29, 1.82) is 0 Å². The molecule has 84 heavy (non-hydrogen) atoms. The van der Waals surface area contributed by atoms with E-state index >= 15 is 0 Å². The van der Waals surface area contributed by atoms with Crippen molar-refractivity contribution in [2.45, 2.75) is 0 Å². The van der Waals surface area contributed by atoms with Gasteiger partial charge in [0.1, 0.15) is 0 Å². The molecule has 0 aliphatic rings. The van der Waals surface area contributed by atoms with Crippen molar-refractivity contribution < 1.29 is 0 Å². The summed E-state index contributed by atoms with van der Waals surface area (Å²) in [5.41, 5.74) is 16.5. The molecule has 0 aliphatic heterocycles. The fraction of sp³-hybridized carbons (Fsp3) is 0. The Balaban J connectivity index is 0.968. The van der Waals surface area contributed by atoms with Gasteiger partial charge in [-0.3, -0.25) is 4.57 Å². The number of fused-ring (bicyclic) bond motifs is 11. The van der Waals surface area contributed by atoms with Gasteiger partial charge in [-0.25, -0.2) is 4.98 Å². The minimum atomic E-state index is 0.556. The zero-order valence-electron chi connectivity index (χ0n) is 45.5. The van der Waals surface area contributed by atoms with E-state index in [9.17, 15) is 0 Å².